The number of rotatable bonds is 4. The van der Waals surface area contributed by atoms with Crippen LogP contribution in [0.3, 0.4) is 0 Å². The van der Waals surface area contributed by atoms with Crippen LogP contribution in [-0.2, 0) is 7.05 Å². The molecule has 1 aromatic heterocycles. The van der Waals surface area contributed by atoms with Gasteiger partial charge in [-0.3, -0.25) is 4.79 Å². The third kappa shape index (κ3) is 2.85. The van der Waals surface area contributed by atoms with E-state index < -0.39 is 29.2 Å². The number of nitrogens with one attached hydrogen (secondary N) is 1. The molecule has 1 atom stereocenters. The van der Waals surface area contributed by atoms with Gasteiger partial charge in [-0.15, -0.1) is 0 Å². The zero-order valence-electron chi connectivity index (χ0n) is 10.8. The number of aryl methyl sites for hydroxylation is 1. The fourth-order valence-electron chi connectivity index (χ4n) is 1.92. The van der Waals surface area contributed by atoms with Crippen LogP contribution in [0, 0.1) is 11.6 Å². The van der Waals surface area contributed by atoms with Crippen LogP contribution in [-0.4, -0.2) is 22.1 Å². The molecule has 6 heteroatoms. The van der Waals surface area contributed by atoms with Crippen LogP contribution in [0.2, 0.25) is 0 Å². The minimum Gasteiger partial charge on any atom is -0.385 e. The van der Waals surface area contributed by atoms with Crippen molar-refractivity contribution in [2.45, 2.75) is 6.10 Å². The molecule has 2 N–H and O–H groups in total. The van der Waals surface area contributed by atoms with E-state index in [0.29, 0.717) is 5.69 Å². The summed E-state index contributed by atoms with van der Waals surface area (Å²) in [6.45, 7) is -0.134. The minimum absolute atomic E-state index is 0.134. The Kier molecular flexibility index (Phi) is 4.14. The first-order valence-electron chi connectivity index (χ1n) is 6.02. The van der Waals surface area contributed by atoms with Gasteiger partial charge in [-0.05, 0) is 24.3 Å². The Morgan fingerprint density at radius 3 is 2.50 bits per heavy atom. The number of hydrogen-bond donors (Lipinski definition) is 2. The van der Waals surface area contributed by atoms with Gasteiger partial charge in [0, 0.05) is 25.5 Å². The number of aromatic nitrogens is 1. The van der Waals surface area contributed by atoms with Gasteiger partial charge in [0.15, 0.2) is 0 Å². The number of aliphatic hydroxyl groups excluding tert-OH is 1. The summed E-state index contributed by atoms with van der Waals surface area (Å²) >= 11 is 0. The van der Waals surface area contributed by atoms with Gasteiger partial charge in [-0.2, -0.15) is 0 Å². The number of hydrogen-bond acceptors (Lipinski definition) is 2. The molecule has 0 aliphatic heterocycles. The van der Waals surface area contributed by atoms with E-state index in [0.717, 1.165) is 12.1 Å². The van der Waals surface area contributed by atoms with E-state index in [9.17, 15) is 18.7 Å². The molecule has 0 bridgehead atoms. The van der Waals surface area contributed by atoms with Gasteiger partial charge < -0.3 is 15.0 Å². The Morgan fingerprint density at radius 1 is 1.30 bits per heavy atom. The van der Waals surface area contributed by atoms with Gasteiger partial charge >= 0.3 is 0 Å². The summed E-state index contributed by atoms with van der Waals surface area (Å²) in [5.41, 5.74) is -0.0501. The van der Waals surface area contributed by atoms with Crippen LogP contribution in [0.5, 0.6) is 0 Å². The Balaban J connectivity index is 2.04. The van der Waals surface area contributed by atoms with Gasteiger partial charge in [-0.25, -0.2) is 8.78 Å². The highest BCUT2D eigenvalue weighted by molar-refractivity contribution is 5.94. The van der Waals surface area contributed by atoms with Crippen LogP contribution >= 0.6 is 0 Å². The molecule has 20 heavy (non-hydrogen) atoms. The summed E-state index contributed by atoms with van der Waals surface area (Å²) in [6, 6.07) is 6.63. The number of nitrogens with zero attached hydrogens (tertiary/aromatic N) is 1. The van der Waals surface area contributed by atoms with Crippen molar-refractivity contribution in [3.8, 4) is 0 Å². The first-order valence-corrected chi connectivity index (χ1v) is 6.02. The molecule has 0 spiro atoms. The fourth-order valence-corrected chi connectivity index (χ4v) is 1.92. The maximum absolute atomic E-state index is 13.4. The normalized spacial score (nSPS) is 12.2. The molecule has 1 aromatic carbocycles. The smallest absolute Gasteiger partial charge is 0.257 e. The predicted octanol–water partition coefficient (Wildman–Crippen LogP) is 1.77. The Labute approximate surface area is 114 Å². The summed E-state index contributed by atoms with van der Waals surface area (Å²) in [7, 11) is 1.75. The van der Waals surface area contributed by atoms with E-state index in [1.807, 2.05) is 0 Å². The molecular formula is C14H14F2N2O2. The van der Waals surface area contributed by atoms with Gasteiger partial charge in [0.05, 0.1) is 0 Å². The largest absolute Gasteiger partial charge is 0.385 e. The Hall–Kier alpha value is -2.21. The number of aliphatic hydroxyl groups is 1. The number of benzene rings is 1. The molecule has 106 valence electrons. The molecule has 0 unspecified atom stereocenters. The monoisotopic (exact) mass is 280 g/mol. The third-order valence-corrected chi connectivity index (χ3v) is 2.97. The van der Waals surface area contributed by atoms with Gasteiger partial charge in [0.2, 0.25) is 0 Å². The first kappa shape index (κ1) is 14.2. The third-order valence-electron chi connectivity index (χ3n) is 2.97. The molecular weight excluding hydrogens is 266 g/mol. The number of amides is 1. The molecule has 0 radical (unpaired) electrons. The van der Waals surface area contributed by atoms with Gasteiger partial charge in [0.25, 0.3) is 5.91 Å². The van der Waals surface area contributed by atoms with E-state index in [1.165, 1.54) is 6.07 Å². The summed E-state index contributed by atoms with van der Waals surface area (Å²) in [5.74, 6) is -2.76. The Bertz CT molecular complexity index is 605. The Morgan fingerprint density at radius 2 is 1.95 bits per heavy atom. The number of carbonyl (C=O) groups is 1. The molecule has 0 fully saturated rings. The maximum Gasteiger partial charge on any atom is 0.257 e. The summed E-state index contributed by atoms with van der Waals surface area (Å²) in [4.78, 5) is 11.7. The van der Waals surface area contributed by atoms with E-state index in [2.05, 4.69) is 5.32 Å². The SMILES string of the molecule is Cn1cccc1[C@@H](O)CNC(=O)c1c(F)cccc1F. The van der Waals surface area contributed by atoms with Crippen LogP contribution < -0.4 is 5.32 Å². The lowest BCUT2D eigenvalue weighted by Gasteiger charge is -2.13. The van der Waals surface area contributed by atoms with Crippen LogP contribution in [0.25, 0.3) is 0 Å². The second-order valence-electron chi connectivity index (χ2n) is 4.37. The lowest BCUT2D eigenvalue weighted by Crippen LogP contribution is -2.30. The van der Waals surface area contributed by atoms with Crippen LogP contribution in [0.1, 0.15) is 22.2 Å². The van der Waals surface area contributed by atoms with E-state index >= 15 is 0 Å². The van der Waals surface area contributed by atoms with Crippen LogP contribution in [0.15, 0.2) is 36.5 Å². The van der Waals surface area contributed by atoms with Crippen molar-refractivity contribution < 1.29 is 18.7 Å². The van der Waals surface area contributed by atoms with Crippen molar-refractivity contribution in [3.63, 3.8) is 0 Å². The molecule has 0 aliphatic rings. The second kappa shape index (κ2) is 5.83. The average molecular weight is 280 g/mol. The molecule has 0 saturated heterocycles. The highest BCUT2D eigenvalue weighted by Gasteiger charge is 2.18. The van der Waals surface area contributed by atoms with Crippen molar-refractivity contribution in [3.05, 3.63) is 59.4 Å². The maximum atomic E-state index is 13.4. The zero-order valence-corrected chi connectivity index (χ0v) is 10.8. The van der Waals surface area contributed by atoms with E-state index in [-0.39, 0.29) is 6.54 Å². The van der Waals surface area contributed by atoms with Crippen LogP contribution in [0.4, 0.5) is 8.78 Å². The summed E-state index contributed by atoms with van der Waals surface area (Å²) < 4.78 is 28.5. The van der Waals surface area contributed by atoms with Crippen molar-refractivity contribution >= 4 is 5.91 Å². The first-order chi connectivity index (χ1) is 9.50. The zero-order chi connectivity index (χ0) is 14.7. The van der Waals surface area contributed by atoms with Crippen molar-refractivity contribution in [2.75, 3.05) is 6.54 Å². The average Bonchev–Trinajstić information content (AvgIpc) is 2.82. The predicted molar refractivity (Wildman–Crippen MR) is 69.1 cm³/mol. The molecule has 2 rings (SSSR count). The molecule has 4 nitrogen and oxygen atoms in total. The van der Waals surface area contributed by atoms with Gasteiger partial charge in [0.1, 0.15) is 23.3 Å². The minimum atomic E-state index is -0.950. The second-order valence-corrected chi connectivity index (χ2v) is 4.37. The van der Waals surface area contributed by atoms with Crippen molar-refractivity contribution in [1.29, 1.82) is 0 Å². The summed E-state index contributed by atoms with van der Waals surface area (Å²) in [5, 5.41) is 12.2. The summed E-state index contributed by atoms with van der Waals surface area (Å²) in [6.07, 6.45) is 0.797. The standard InChI is InChI=1S/C14H14F2N2O2/c1-18-7-3-6-11(18)12(19)8-17-14(20)13-9(15)4-2-5-10(13)16/h2-7,12,19H,8H2,1H3,(H,17,20)/t12-/m0/s1. The quantitative estimate of drug-likeness (QED) is 0.896. The highest BCUT2D eigenvalue weighted by atomic mass is 19.1. The highest BCUT2D eigenvalue weighted by Crippen LogP contribution is 2.14. The molecule has 1 heterocycles. The molecule has 1 amide bonds. The van der Waals surface area contributed by atoms with E-state index in [4.69, 9.17) is 0 Å². The molecule has 0 aliphatic carbocycles. The van der Waals surface area contributed by atoms with Gasteiger partial charge in [-0.1, -0.05) is 6.07 Å². The van der Waals surface area contributed by atoms with Crippen molar-refractivity contribution in [2.24, 2.45) is 7.05 Å². The molecule has 0 saturated carbocycles. The number of carbonyl (C=O) groups excluding carboxylic acids is 1. The topological polar surface area (TPSA) is 54.3 Å². The molecule has 2 aromatic rings. The lowest BCUT2D eigenvalue weighted by atomic mass is 10.1. The van der Waals surface area contributed by atoms with Crippen molar-refractivity contribution in [1.82, 2.24) is 9.88 Å². The van der Waals surface area contributed by atoms with E-state index in [1.54, 1.807) is 29.9 Å². The fraction of sp³-hybridized carbons (Fsp3) is 0.214. The lowest BCUT2D eigenvalue weighted by molar-refractivity contribution is 0.0904. The number of halogens is 2.